The van der Waals surface area contributed by atoms with Gasteiger partial charge in [0.15, 0.2) is 0 Å². The number of halogens is 1. The van der Waals surface area contributed by atoms with Gasteiger partial charge in [0, 0.05) is 22.5 Å². The van der Waals surface area contributed by atoms with Crippen molar-refractivity contribution in [3.8, 4) is 0 Å². The van der Waals surface area contributed by atoms with Crippen molar-refractivity contribution < 1.29 is 4.79 Å². The van der Waals surface area contributed by atoms with Crippen LogP contribution in [0.25, 0.3) is 10.2 Å². The lowest BCUT2D eigenvalue weighted by molar-refractivity contribution is 0.0958. The Morgan fingerprint density at radius 2 is 2.00 bits per heavy atom. The van der Waals surface area contributed by atoms with Gasteiger partial charge in [0.2, 0.25) is 0 Å². The summed E-state index contributed by atoms with van der Waals surface area (Å²) < 4.78 is 1.11. The first kappa shape index (κ1) is 16.5. The van der Waals surface area contributed by atoms with Crippen molar-refractivity contribution in [1.29, 1.82) is 0 Å². The maximum Gasteiger partial charge on any atom is 0.261 e. The number of hydrogen-bond donors (Lipinski definition) is 1. The second-order valence-corrected chi connectivity index (χ2v) is 8.85. The van der Waals surface area contributed by atoms with E-state index in [-0.39, 0.29) is 5.91 Å². The van der Waals surface area contributed by atoms with E-state index in [1.165, 1.54) is 16.2 Å². The minimum absolute atomic E-state index is 0.0295. The average Bonchev–Trinajstić information content (AvgIpc) is 3.02. The molecule has 3 aromatic rings. The number of amides is 1. The Morgan fingerprint density at radius 3 is 2.70 bits per heavy atom. The van der Waals surface area contributed by atoms with Gasteiger partial charge in [-0.15, -0.1) is 22.7 Å². The zero-order chi connectivity index (χ0) is 16.6. The van der Waals surface area contributed by atoms with Crippen molar-refractivity contribution in [2.45, 2.75) is 27.2 Å². The van der Waals surface area contributed by atoms with E-state index in [1.54, 1.807) is 11.3 Å². The summed E-state index contributed by atoms with van der Waals surface area (Å²) in [6, 6.07) is 4.11. The molecule has 3 heterocycles. The number of nitrogens with one attached hydrogen (secondary N) is 1. The van der Waals surface area contributed by atoms with Gasteiger partial charge in [-0.1, -0.05) is 0 Å². The lowest BCUT2D eigenvalue weighted by atomic mass is 10.1. The van der Waals surface area contributed by atoms with Crippen LogP contribution in [-0.4, -0.2) is 22.4 Å². The zero-order valence-electron chi connectivity index (χ0n) is 13.1. The van der Waals surface area contributed by atoms with Crippen molar-refractivity contribution in [2.75, 3.05) is 6.54 Å². The summed E-state index contributed by atoms with van der Waals surface area (Å²) in [6.45, 7) is 6.44. The molecule has 0 aliphatic heterocycles. The summed E-state index contributed by atoms with van der Waals surface area (Å²) >= 11 is 6.59. The second-order valence-electron chi connectivity index (χ2n) is 5.30. The molecule has 0 aromatic carbocycles. The van der Waals surface area contributed by atoms with Crippen LogP contribution < -0.4 is 5.32 Å². The fourth-order valence-electron chi connectivity index (χ4n) is 2.56. The molecule has 0 bridgehead atoms. The van der Waals surface area contributed by atoms with Crippen molar-refractivity contribution in [3.05, 3.63) is 42.8 Å². The summed E-state index contributed by atoms with van der Waals surface area (Å²) in [5.41, 5.74) is 1.91. The van der Waals surface area contributed by atoms with Crippen LogP contribution in [0.1, 0.15) is 31.6 Å². The smallest absolute Gasteiger partial charge is 0.261 e. The number of carbonyl (C=O) groups excluding carboxylic acids is 1. The topological polar surface area (TPSA) is 54.9 Å². The lowest BCUT2D eigenvalue weighted by Gasteiger charge is -2.03. The minimum atomic E-state index is -0.0295. The van der Waals surface area contributed by atoms with Gasteiger partial charge in [0.25, 0.3) is 5.91 Å². The first-order valence-corrected chi connectivity index (χ1v) is 9.65. The summed E-state index contributed by atoms with van der Waals surface area (Å²) in [7, 11) is 0. The molecular formula is C16H16BrN3OS2. The van der Waals surface area contributed by atoms with Gasteiger partial charge in [-0.3, -0.25) is 4.79 Å². The molecule has 1 amide bonds. The molecule has 0 saturated carbocycles. The molecule has 120 valence electrons. The molecule has 0 radical (unpaired) electrons. The number of aromatic nitrogens is 2. The number of hydrogen-bond acceptors (Lipinski definition) is 5. The molecule has 0 atom stereocenters. The summed E-state index contributed by atoms with van der Waals surface area (Å²) in [5.74, 6) is 0.713. The zero-order valence-corrected chi connectivity index (χ0v) is 16.3. The van der Waals surface area contributed by atoms with E-state index >= 15 is 0 Å². The van der Waals surface area contributed by atoms with Gasteiger partial charge in [-0.25, -0.2) is 9.97 Å². The molecule has 0 unspecified atom stereocenters. The van der Waals surface area contributed by atoms with Crippen LogP contribution >= 0.6 is 38.6 Å². The summed E-state index contributed by atoms with van der Waals surface area (Å²) in [6.07, 6.45) is 0.837. The molecule has 0 aliphatic rings. The highest BCUT2D eigenvalue weighted by Gasteiger charge is 2.18. The lowest BCUT2D eigenvalue weighted by Crippen LogP contribution is -2.25. The van der Waals surface area contributed by atoms with E-state index in [0.717, 1.165) is 42.4 Å². The Hall–Kier alpha value is -1.31. The van der Waals surface area contributed by atoms with Crippen LogP contribution in [0.4, 0.5) is 0 Å². The van der Waals surface area contributed by atoms with Crippen LogP contribution in [0.2, 0.25) is 0 Å². The first-order chi connectivity index (χ1) is 11.0. The molecule has 0 aliphatic carbocycles. The van der Waals surface area contributed by atoms with E-state index in [4.69, 9.17) is 0 Å². The molecule has 4 nitrogen and oxygen atoms in total. The van der Waals surface area contributed by atoms with E-state index in [1.807, 2.05) is 26.8 Å². The molecule has 23 heavy (non-hydrogen) atoms. The van der Waals surface area contributed by atoms with Gasteiger partial charge in [0.1, 0.15) is 10.7 Å². The predicted octanol–water partition coefficient (Wildman–Crippen LogP) is 4.41. The van der Waals surface area contributed by atoms with Crippen molar-refractivity contribution in [3.63, 3.8) is 0 Å². The maximum absolute atomic E-state index is 12.5. The Balaban J connectivity index is 1.75. The Bertz CT molecular complexity index is 885. The molecule has 1 N–H and O–H groups in total. The number of thiophene rings is 2. The van der Waals surface area contributed by atoms with Gasteiger partial charge in [-0.05, 0) is 60.8 Å². The Labute approximate surface area is 151 Å². The minimum Gasteiger partial charge on any atom is -0.351 e. The monoisotopic (exact) mass is 409 g/mol. The number of nitrogens with zero attached hydrogens (tertiary/aromatic N) is 2. The molecular weight excluding hydrogens is 394 g/mol. The van der Waals surface area contributed by atoms with Crippen LogP contribution in [0.3, 0.4) is 0 Å². The third-order valence-corrected chi connectivity index (χ3v) is 6.44. The fourth-order valence-corrected chi connectivity index (χ4v) is 5.23. The van der Waals surface area contributed by atoms with Gasteiger partial charge >= 0.3 is 0 Å². The Morgan fingerprint density at radius 1 is 1.22 bits per heavy atom. The van der Waals surface area contributed by atoms with Crippen LogP contribution in [0, 0.1) is 20.8 Å². The third kappa shape index (κ3) is 3.46. The Kier molecular flexibility index (Phi) is 4.79. The molecule has 0 fully saturated rings. The fraction of sp³-hybridized carbons (Fsp3) is 0.312. The van der Waals surface area contributed by atoms with Crippen LogP contribution in [0.5, 0.6) is 0 Å². The number of rotatable bonds is 4. The number of carbonyl (C=O) groups is 1. The van der Waals surface area contributed by atoms with Crippen LogP contribution in [-0.2, 0) is 6.42 Å². The normalized spacial score (nSPS) is 11.1. The first-order valence-electron chi connectivity index (χ1n) is 7.22. The maximum atomic E-state index is 12.5. The largest absolute Gasteiger partial charge is 0.351 e. The second kappa shape index (κ2) is 6.67. The standard InChI is InChI=1S/C16H16BrN3OS2/c1-8-13-9(2)19-10(3)20-16(13)23-14(8)15(21)18-7-6-11-4-5-12(17)22-11/h4-5H,6-7H2,1-3H3,(H,18,21). The predicted molar refractivity (Wildman–Crippen MR) is 99.7 cm³/mol. The highest BCUT2D eigenvalue weighted by atomic mass is 79.9. The van der Waals surface area contributed by atoms with E-state index in [0.29, 0.717) is 6.54 Å². The average molecular weight is 410 g/mol. The van der Waals surface area contributed by atoms with Gasteiger partial charge in [0.05, 0.1) is 8.66 Å². The van der Waals surface area contributed by atoms with Crippen LogP contribution in [0.15, 0.2) is 15.9 Å². The third-order valence-electron chi connectivity index (χ3n) is 3.57. The quantitative estimate of drug-likeness (QED) is 0.693. The van der Waals surface area contributed by atoms with Gasteiger partial charge in [-0.2, -0.15) is 0 Å². The van der Waals surface area contributed by atoms with Gasteiger partial charge < -0.3 is 5.32 Å². The molecule has 3 aromatic heterocycles. The summed E-state index contributed by atoms with van der Waals surface area (Å²) in [5, 5.41) is 4.01. The SMILES string of the molecule is Cc1nc(C)c2c(C)c(C(=O)NCCc3ccc(Br)s3)sc2n1. The van der Waals surface area contributed by atoms with Crippen molar-refractivity contribution in [1.82, 2.24) is 15.3 Å². The van der Waals surface area contributed by atoms with Crippen molar-refractivity contribution >= 4 is 54.7 Å². The number of fused-ring (bicyclic) bond motifs is 1. The van der Waals surface area contributed by atoms with E-state index in [9.17, 15) is 4.79 Å². The molecule has 7 heteroatoms. The summed E-state index contributed by atoms with van der Waals surface area (Å²) in [4.78, 5) is 24.2. The van der Waals surface area contributed by atoms with E-state index in [2.05, 4.69) is 37.3 Å². The highest BCUT2D eigenvalue weighted by molar-refractivity contribution is 9.11. The molecule has 0 saturated heterocycles. The number of aryl methyl sites for hydroxylation is 3. The highest BCUT2D eigenvalue weighted by Crippen LogP contribution is 2.31. The molecule has 0 spiro atoms. The van der Waals surface area contributed by atoms with Crippen molar-refractivity contribution in [2.24, 2.45) is 0 Å². The van der Waals surface area contributed by atoms with E-state index < -0.39 is 0 Å². The molecule has 3 rings (SSSR count).